The largest absolute Gasteiger partial charge is 0.755 e. The molecule has 0 bridgehead atoms. The number of carboxylic acids is 1. The van der Waals surface area contributed by atoms with Gasteiger partial charge in [0.15, 0.2) is 0 Å². The molecule has 8 heteroatoms. The fourth-order valence-electron chi connectivity index (χ4n) is 2.58. The van der Waals surface area contributed by atoms with Crippen molar-refractivity contribution in [1.82, 2.24) is 0 Å². The van der Waals surface area contributed by atoms with Gasteiger partial charge in [-0.05, 0) is 36.8 Å². The highest BCUT2D eigenvalue weighted by atomic mass is 32.2. The molecule has 1 aromatic heterocycles. The lowest BCUT2D eigenvalue weighted by Crippen LogP contribution is -2.21. The molecule has 26 heavy (non-hydrogen) atoms. The Labute approximate surface area is 156 Å². The number of benzene rings is 2. The molecule has 134 valence electrons. The van der Waals surface area contributed by atoms with Gasteiger partial charge in [-0.2, -0.15) is 0 Å². The number of thiophene rings is 1. The SMILES string of the molecule is Cc1ccccc1N(c1cc(-c2ccccc2O)sc1C(=O)O)S(=O)[O-]. The second-order valence-electron chi connectivity index (χ2n) is 5.45. The molecule has 0 amide bonds. The number of phenols is 1. The molecule has 0 spiro atoms. The molecule has 1 unspecified atom stereocenters. The quantitative estimate of drug-likeness (QED) is 0.642. The first-order chi connectivity index (χ1) is 12.4. The number of carbonyl (C=O) groups is 1. The first-order valence-corrected chi connectivity index (χ1v) is 9.35. The van der Waals surface area contributed by atoms with Crippen molar-refractivity contribution >= 4 is 39.9 Å². The molecule has 3 aromatic rings. The number of phenolic OH excluding ortho intramolecular Hbond substituents is 1. The van der Waals surface area contributed by atoms with Gasteiger partial charge in [0.1, 0.15) is 10.6 Å². The van der Waals surface area contributed by atoms with Crippen molar-refractivity contribution < 1.29 is 23.8 Å². The van der Waals surface area contributed by atoms with Crippen LogP contribution in [-0.4, -0.2) is 24.9 Å². The van der Waals surface area contributed by atoms with Crippen molar-refractivity contribution in [2.75, 3.05) is 4.31 Å². The standard InChI is InChI=1S/C18H15NO5S2/c1-11-6-2-4-8-13(11)19(26(23)24)14-10-16(25-17(14)18(21)22)12-7-3-5-9-15(12)20/h2-10,20H,1H3,(H,21,22)(H,23,24)/p-1. The first-order valence-electron chi connectivity index (χ1n) is 7.50. The Morgan fingerprint density at radius 2 is 1.77 bits per heavy atom. The normalized spacial score (nSPS) is 11.9. The average molecular weight is 388 g/mol. The van der Waals surface area contributed by atoms with E-state index in [0.29, 0.717) is 21.7 Å². The maximum atomic E-state index is 11.9. The van der Waals surface area contributed by atoms with Crippen molar-refractivity contribution in [3.05, 3.63) is 65.0 Å². The number of aromatic hydroxyl groups is 1. The Morgan fingerprint density at radius 1 is 1.12 bits per heavy atom. The van der Waals surface area contributed by atoms with Crippen LogP contribution >= 0.6 is 11.3 Å². The maximum absolute atomic E-state index is 11.9. The molecule has 2 N–H and O–H groups in total. The molecule has 1 heterocycles. The average Bonchev–Trinajstić information content (AvgIpc) is 3.02. The van der Waals surface area contributed by atoms with Crippen LogP contribution in [0, 0.1) is 6.92 Å². The van der Waals surface area contributed by atoms with Gasteiger partial charge in [-0.1, -0.05) is 30.3 Å². The van der Waals surface area contributed by atoms with Crippen molar-refractivity contribution in [3.63, 3.8) is 0 Å². The molecule has 6 nitrogen and oxygen atoms in total. The van der Waals surface area contributed by atoms with Crippen LogP contribution in [0.3, 0.4) is 0 Å². The van der Waals surface area contributed by atoms with Crippen molar-refractivity contribution in [1.29, 1.82) is 0 Å². The van der Waals surface area contributed by atoms with E-state index in [1.54, 1.807) is 49.4 Å². The number of hydrogen-bond acceptors (Lipinski definition) is 5. The van der Waals surface area contributed by atoms with Crippen molar-refractivity contribution in [3.8, 4) is 16.2 Å². The Hall–Kier alpha value is -2.68. The Kier molecular flexibility index (Phi) is 5.08. The van der Waals surface area contributed by atoms with E-state index in [0.717, 1.165) is 15.6 Å². The van der Waals surface area contributed by atoms with Gasteiger partial charge >= 0.3 is 5.97 Å². The maximum Gasteiger partial charge on any atom is 0.348 e. The lowest BCUT2D eigenvalue weighted by atomic mass is 10.1. The van der Waals surface area contributed by atoms with Crippen molar-refractivity contribution in [2.45, 2.75) is 6.92 Å². The predicted molar refractivity (Wildman–Crippen MR) is 101 cm³/mol. The van der Waals surface area contributed by atoms with Gasteiger partial charge in [0, 0.05) is 10.4 Å². The van der Waals surface area contributed by atoms with E-state index in [4.69, 9.17) is 0 Å². The summed E-state index contributed by atoms with van der Waals surface area (Å²) in [6.45, 7) is 1.74. The summed E-state index contributed by atoms with van der Waals surface area (Å²) in [5.74, 6) is -1.25. The van der Waals surface area contributed by atoms with Crippen LogP contribution in [0.15, 0.2) is 54.6 Å². The van der Waals surface area contributed by atoms with Crippen LogP contribution in [0.25, 0.3) is 10.4 Å². The number of para-hydroxylation sites is 2. The third-order valence-electron chi connectivity index (χ3n) is 3.78. The minimum Gasteiger partial charge on any atom is -0.755 e. The number of carboxylic acid groups (broad SMARTS) is 1. The van der Waals surface area contributed by atoms with Crippen LogP contribution in [-0.2, 0) is 11.3 Å². The molecule has 2 aromatic carbocycles. The molecule has 1 atom stereocenters. The van der Waals surface area contributed by atoms with Gasteiger partial charge in [-0.3, -0.25) is 8.51 Å². The fourth-order valence-corrected chi connectivity index (χ4v) is 4.32. The van der Waals surface area contributed by atoms with Crippen LogP contribution < -0.4 is 4.31 Å². The summed E-state index contributed by atoms with van der Waals surface area (Å²) in [7, 11) is 0. The lowest BCUT2D eigenvalue weighted by Gasteiger charge is -2.27. The summed E-state index contributed by atoms with van der Waals surface area (Å²) in [6.07, 6.45) is 0. The van der Waals surface area contributed by atoms with E-state index >= 15 is 0 Å². The number of aromatic carboxylic acids is 1. The van der Waals surface area contributed by atoms with Crippen LogP contribution in [0.5, 0.6) is 5.75 Å². The molecule has 0 saturated heterocycles. The molecular weight excluding hydrogens is 374 g/mol. The van der Waals surface area contributed by atoms with E-state index in [9.17, 15) is 23.8 Å². The summed E-state index contributed by atoms with van der Waals surface area (Å²) >= 11 is -1.82. The Morgan fingerprint density at radius 3 is 2.38 bits per heavy atom. The zero-order valence-corrected chi connectivity index (χ0v) is 15.2. The molecule has 0 aliphatic heterocycles. The molecule has 0 radical (unpaired) electrons. The highest BCUT2D eigenvalue weighted by molar-refractivity contribution is 7.81. The second-order valence-corrected chi connectivity index (χ2v) is 7.30. The van der Waals surface area contributed by atoms with Crippen LogP contribution in [0.2, 0.25) is 0 Å². The van der Waals surface area contributed by atoms with E-state index < -0.39 is 17.2 Å². The second kappa shape index (κ2) is 7.28. The smallest absolute Gasteiger partial charge is 0.348 e. The van der Waals surface area contributed by atoms with Gasteiger partial charge in [0.25, 0.3) is 0 Å². The molecule has 0 saturated carbocycles. The Bertz CT molecular complexity index is 999. The summed E-state index contributed by atoms with van der Waals surface area (Å²) in [4.78, 5) is 12.0. The highest BCUT2D eigenvalue weighted by Crippen LogP contribution is 2.43. The summed E-state index contributed by atoms with van der Waals surface area (Å²) in [6, 6.07) is 14.7. The highest BCUT2D eigenvalue weighted by Gasteiger charge is 2.24. The summed E-state index contributed by atoms with van der Waals surface area (Å²) < 4.78 is 24.8. The third kappa shape index (κ3) is 3.34. The van der Waals surface area contributed by atoms with E-state index in [1.807, 2.05) is 0 Å². The Balaban J connectivity index is 2.22. The molecule has 0 aliphatic rings. The third-order valence-corrected chi connectivity index (χ3v) is 5.62. The minimum absolute atomic E-state index is 0.0112. The molecule has 3 rings (SSSR count). The van der Waals surface area contributed by atoms with E-state index in [1.165, 1.54) is 12.1 Å². The predicted octanol–water partition coefficient (Wildman–Crippen LogP) is 4.06. The van der Waals surface area contributed by atoms with Gasteiger partial charge in [0.05, 0.1) is 22.6 Å². The minimum atomic E-state index is -2.73. The number of rotatable bonds is 5. The number of anilines is 2. The number of hydrogen-bond donors (Lipinski definition) is 2. The molecule has 0 aliphatic carbocycles. The molecule has 0 fully saturated rings. The summed E-state index contributed by atoms with van der Waals surface area (Å²) in [5.41, 5.74) is 1.52. The van der Waals surface area contributed by atoms with Crippen LogP contribution in [0.1, 0.15) is 15.2 Å². The van der Waals surface area contributed by atoms with Crippen molar-refractivity contribution in [2.24, 2.45) is 0 Å². The van der Waals surface area contributed by atoms with Crippen LogP contribution in [0.4, 0.5) is 11.4 Å². The number of nitrogens with zero attached hydrogens (tertiary/aromatic N) is 1. The lowest BCUT2D eigenvalue weighted by molar-refractivity contribution is 0.0703. The zero-order chi connectivity index (χ0) is 18.8. The van der Waals surface area contributed by atoms with E-state index in [2.05, 4.69) is 0 Å². The number of aryl methyl sites for hydroxylation is 1. The van der Waals surface area contributed by atoms with Gasteiger partial charge in [-0.25, -0.2) is 4.79 Å². The van der Waals surface area contributed by atoms with Gasteiger partial charge in [0.2, 0.25) is 0 Å². The fraction of sp³-hybridized carbons (Fsp3) is 0.0556. The first kappa shape index (κ1) is 18.1. The monoisotopic (exact) mass is 388 g/mol. The van der Waals surface area contributed by atoms with Gasteiger partial charge < -0.3 is 14.8 Å². The molecular formula is C18H14NO5S2-. The topological polar surface area (TPSA) is 101 Å². The summed E-state index contributed by atoms with van der Waals surface area (Å²) in [5, 5.41) is 19.6. The van der Waals surface area contributed by atoms with E-state index in [-0.39, 0.29) is 16.3 Å². The van der Waals surface area contributed by atoms with Gasteiger partial charge in [-0.15, -0.1) is 11.3 Å². The zero-order valence-electron chi connectivity index (χ0n) is 13.6.